The first-order valence-electron chi connectivity index (χ1n) is 6.10. The van der Waals surface area contributed by atoms with E-state index in [-0.39, 0.29) is 30.7 Å². The summed E-state index contributed by atoms with van der Waals surface area (Å²) in [4.78, 5) is 22.8. The summed E-state index contributed by atoms with van der Waals surface area (Å²) >= 11 is 5.77. The van der Waals surface area contributed by atoms with Gasteiger partial charge in [-0.1, -0.05) is 11.6 Å². The number of hydrogen-bond donors (Lipinski definition) is 2. The average molecular weight is 320 g/mol. The number of carbonyl (C=O) groups is 2. The molecular weight excluding hydrogens is 308 g/mol. The third-order valence-electron chi connectivity index (χ3n) is 3.27. The van der Waals surface area contributed by atoms with Crippen LogP contribution in [0.15, 0.2) is 18.2 Å². The number of rotatable bonds is 6. The van der Waals surface area contributed by atoms with E-state index in [1.165, 1.54) is 18.2 Å². The molecule has 0 spiro atoms. The molecule has 0 saturated heterocycles. The summed E-state index contributed by atoms with van der Waals surface area (Å²) in [5.41, 5.74) is -1.14. The highest BCUT2D eigenvalue weighted by molar-refractivity contribution is 6.30. The first-order chi connectivity index (χ1) is 9.85. The van der Waals surface area contributed by atoms with Crippen LogP contribution in [0.1, 0.15) is 18.4 Å². The van der Waals surface area contributed by atoms with Crippen molar-refractivity contribution in [3.63, 3.8) is 0 Å². The van der Waals surface area contributed by atoms with E-state index < -0.39 is 23.9 Å². The fourth-order valence-electron chi connectivity index (χ4n) is 1.90. The van der Waals surface area contributed by atoms with Crippen LogP contribution in [0.5, 0.6) is 5.75 Å². The molecule has 1 aromatic carbocycles. The number of alkyl halides is 2. The Bertz CT molecular complexity index is 575. The highest BCUT2D eigenvalue weighted by atomic mass is 35.5. The van der Waals surface area contributed by atoms with Crippen LogP contribution in [0.4, 0.5) is 8.78 Å². The zero-order valence-electron chi connectivity index (χ0n) is 10.7. The van der Waals surface area contributed by atoms with Crippen LogP contribution in [0.2, 0.25) is 5.02 Å². The molecule has 0 atom stereocenters. The molecule has 8 heteroatoms. The quantitative estimate of drug-likeness (QED) is 0.790. The molecule has 0 aromatic heterocycles. The van der Waals surface area contributed by atoms with Gasteiger partial charge in [0, 0.05) is 17.1 Å². The number of carboxylic acid groups (broad SMARTS) is 1. The van der Waals surface area contributed by atoms with Gasteiger partial charge in [-0.15, -0.1) is 0 Å². The van der Waals surface area contributed by atoms with Crippen LogP contribution in [0, 0.1) is 5.41 Å². The Labute approximate surface area is 123 Å². The third-order valence-corrected chi connectivity index (χ3v) is 3.51. The number of ether oxygens (including phenoxy) is 1. The fourth-order valence-corrected chi connectivity index (χ4v) is 2.10. The number of carbonyl (C=O) groups excluding carboxylic acids is 1. The molecule has 1 aliphatic carbocycles. The van der Waals surface area contributed by atoms with Crippen molar-refractivity contribution in [3.8, 4) is 5.75 Å². The molecule has 114 valence electrons. The number of benzene rings is 1. The Kier molecular flexibility index (Phi) is 4.32. The van der Waals surface area contributed by atoms with Crippen LogP contribution in [0.3, 0.4) is 0 Å². The number of nitrogens with one attached hydrogen (secondary N) is 1. The second-order valence-corrected chi connectivity index (χ2v) is 5.14. The molecular formula is C13H12ClF2NO4. The van der Waals surface area contributed by atoms with Crippen molar-refractivity contribution in [3.05, 3.63) is 28.8 Å². The number of amides is 1. The van der Waals surface area contributed by atoms with Crippen molar-refractivity contribution in [2.75, 3.05) is 0 Å². The van der Waals surface area contributed by atoms with Crippen molar-refractivity contribution >= 4 is 23.5 Å². The molecule has 2 rings (SSSR count). The highest BCUT2D eigenvalue weighted by Crippen LogP contribution is 2.46. The predicted molar refractivity (Wildman–Crippen MR) is 69.2 cm³/mol. The summed E-state index contributed by atoms with van der Waals surface area (Å²) in [6.07, 6.45) is 0.536. The van der Waals surface area contributed by atoms with Crippen molar-refractivity contribution in [2.45, 2.75) is 26.0 Å². The normalized spacial score (nSPS) is 15.6. The third kappa shape index (κ3) is 3.41. The Hall–Kier alpha value is -1.89. The van der Waals surface area contributed by atoms with Gasteiger partial charge >= 0.3 is 12.6 Å². The number of aliphatic carboxylic acids is 1. The summed E-state index contributed by atoms with van der Waals surface area (Å²) < 4.78 is 28.9. The van der Waals surface area contributed by atoms with Gasteiger partial charge in [0.15, 0.2) is 0 Å². The van der Waals surface area contributed by atoms with Crippen molar-refractivity contribution in [1.29, 1.82) is 0 Å². The highest BCUT2D eigenvalue weighted by Gasteiger charge is 2.56. The van der Waals surface area contributed by atoms with Crippen molar-refractivity contribution in [1.82, 2.24) is 5.32 Å². The smallest absolute Gasteiger partial charge is 0.387 e. The van der Waals surface area contributed by atoms with Crippen LogP contribution >= 0.6 is 11.6 Å². The lowest BCUT2D eigenvalue weighted by atomic mass is 10.1. The van der Waals surface area contributed by atoms with Gasteiger partial charge in [-0.2, -0.15) is 8.78 Å². The van der Waals surface area contributed by atoms with Gasteiger partial charge in [-0.25, -0.2) is 0 Å². The number of halogens is 3. The van der Waals surface area contributed by atoms with E-state index in [0.29, 0.717) is 5.02 Å². The summed E-state index contributed by atoms with van der Waals surface area (Å²) in [6, 6.07) is 4.02. The lowest BCUT2D eigenvalue weighted by Crippen LogP contribution is -2.36. The lowest BCUT2D eigenvalue weighted by Gasteiger charge is -2.14. The minimum atomic E-state index is -3.01. The zero-order valence-corrected chi connectivity index (χ0v) is 11.5. The molecule has 0 radical (unpaired) electrons. The van der Waals surface area contributed by atoms with Crippen LogP contribution in [-0.4, -0.2) is 23.6 Å². The van der Waals surface area contributed by atoms with Gasteiger partial charge in [-0.3, -0.25) is 9.59 Å². The summed E-state index contributed by atoms with van der Waals surface area (Å²) in [5, 5.41) is 11.7. The number of carboxylic acids is 1. The molecule has 2 N–H and O–H groups in total. The van der Waals surface area contributed by atoms with Crippen LogP contribution < -0.4 is 10.1 Å². The van der Waals surface area contributed by atoms with Crippen LogP contribution in [0.25, 0.3) is 0 Å². The Morgan fingerprint density at radius 3 is 2.62 bits per heavy atom. The van der Waals surface area contributed by atoms with Gasteiger partial charge in [0.25, 0.3) is 0 Å². The molecule has 0 aliphatic heterocycles. The molecule has 0 unspecified atom stereocenters. The predicted octanol–water partition coefficient (Wildman–Crippen LogP) is 2.42. The maximum Gasteiger partial charge on any atom is 0.387 e. The lowest BCUT2D eigenvalue weighted by molar-refractivity contribution is -0.149. The minimum Gasteiger partial charge on any atom is -0.480 e. The molecule has 1 amide bonds. The van der Waals surface area contributed by atoms with Gasteiger partial charge in [0.1, 0.15) is 11.2 Å². The molecule has 1 aromatic rings. The van der Waals surface area contributed by atoms with E-state index in [1.807, 2.05) is 0 Å². The van der Waals surface area contributed by atoms with Crippen molar-refractivity contribution < 1.29 is 28.2 Å². The Balaban J connectivity index is 2.07. The van der Waals surface area contributed by atoms with E-state index >= 15 is 0 Å². The average Bonchev–Trinajstić information content (AvgIpc) is 3.19. The first-order valence-corrected chi connectivity index (χ1v) is 6.48. The molecule has 1 saturated carbocycles. The molecule has 21 heavy (non-hydrogen) atoms. The Morgan fingerprint density at radius 2 is 2.10 bits per heavy atom. The van der Waals surface area contributed by atoms with E-state index in [4.69, 9.17) is 16.7 Å². The second kappa shape index (κ2) is 5.85. The van der Waals surface area contributed by atoms with Crippen molar-refractivity contribution in [2.24, 2.45) is 5.41 Å². The topological polar surface area (TPSA) is 75.6 Å². The van der Waals surface area contributed by atoms with E-state index in [1.54, 1.807) is 0 Å². The van der Waals surface area contributed by atoms with E-state index in [2.05, 4.69) is 10.1 Å². The van der Waals surface area contributed by atoms with Gasteiger partial charge in [0.05, 0.1) is 0 Å². The van der Waals surface area contributed by atoms with Crippen LogP contribution in [-0.2, 0) is 16.1 Å². The zero-order chi connectivity index (χ0) is 15.6. The summed E-state index contributed by atoms with van der Waals surface area (Å²) in [7, 11) is 0. The van der Waals surface area contributed by atoms with Gasteiger partial charge < -0.3 is 15.2 Å². The van der Waals surface area contributed by atoms with Gasteiger partial charge in [-0.05, 0) is 31.0 Å². The fraction of sp³-hybridized carbons (Fsp3) is 0.385. The molecule has 5 nitrogen and oxygen atoms in total. The molecule has 0 bridgehead atoms. The van der Waals surface area contributed by atoms with E-state index in [0.717, 1.165) is 0 Å². The molecule has 0 heterocycles. The maximum absolute atomic E-state index is 12.3. The SMILES string of the molecule is O=C(O)C1(C(=O)NCc2cc(Cl)ccc2OC(F)F)CC1. The first kappa shape index (κ1) is 15.5. The Morgan fingerprint density at radius 1 is 1.43 bits per heavy atom. The summed E-state index contributed by atoms with van der Waals surface area (Å²) in [6.45, 7) is -3.15. The minimum absolute atomic E-state index is 0.116. The monoisotopic (exact) mass is 319 g/mol. The largest absolute Gasteiger partial charge is 0.480 e. The summed E-state index contributed by atoms with van der Waals surface area (Å²) in [5.74, 6) is -1.94. The van der Waals surface area contributed by atoms with E-state index in [9.17, 15) is 18.4 Å². The second-order valence-electron chi connectivity index (χ2n) is 4.70. The molecule has 1 fully saturated rings. The maximum atomic E-state index is 12.3. The van der Waals surface area contributed by atoms with Gasteiger partial charge in [0.2, 0.25) is 5.91 Å². The molecule has 1 aliphatic rings. The standard InChI is InChI=1S/C13H12ClF2NO4/c14-8-1-2-9(21-12(15)16)7(5-8)6-17-10(18)13(3-4-13)11(19)20/h1-2,5,12H,3-4,6H2,(H,17,18)(H,19,20). The number of hydrogen-bond acceptors (Lipinski definition) is 3.